The molecule has 0 amide bonds. The summed E-state index contributed by atoms with van der Waals surface area (Å²) in [5.74, 6) is 0.406. The Balaban J connectivity index is 2.04. The second kappa shape index (κ2) is 4.10. The van der Waals surface area contributed by atoms with Gasteiger partial charge in [0, 0.05) is 17.1 Å². The van der Waals surface area contributed by atoms with Gasteiger partial charge in [-0.2, -0.15) is 0 Å². The Labute approximate surface area is 101 Å². The minimum absolute atomic E-state index is 0.406. The Bertz CT molecular complexity index is 589. The lowest BCUT2D eigenvalue weighted by atomic mass is 9.98. The van der Waals surface area contributed by atoms with Crippen molar-refractivity contribution in [1.29, 1.82) is 0 Å². The van der Waals surface area contributed by atoms with Crippen LogP contribution in [-0.2, 0) is 0 Å². The van der Waals surface area contributed by atoms with Gasteiger partial charge in [-0.05, 0) is 23.1 Å². The van der Waals surface area contributed by atoms with Crippen molar-refractivity contribution in [3.05, 3.63) is 71.9 Å². The van der Waals surface area contributed by atoms with Crippen LogP contribution in [0.5, 0.6) is 0 Å². The highest BCUT2D eigenvalue weighted by atomic mass is 14.7. The highest BCUT2D eigenvalue weighted by Gasteiger charge is 2.10. The minimum atomic E-state index is 0.406. The molecular weight excluding hydrogens is 206 g/mol. The van der Waals surface area contributed by atoms with Crippen LogP contribution in [0.2, 0.25) is 0 Å². The van der Waals surface area contributed by atoms with Gasteiger partial charge in [0.05, 0.1) is 0 Å². The van der Waals surface area contributed by atoms with E-state index in [0.29, 0.717) is 5.92 Å². The maximum absolute atomic E-state index is 3.49. The van der Waals surface area contributed by atoms with Gasteiger partial charge >= 0.3 is 0 Å². The van der Waals surface area contributed by atoms with E-state index in [1.54, 1.807) is 0 Å². The summed E-state index contributed by atoms with van der Waals surface area (Å²) in [4.78, 5) is 3.49. The van der Waals surface area contributed by atoms with E-state index >= 15 is 0 Å². The molecule has 0 fully saturated rings. The quantitative estimate of drug-likeness (QED) is 0.663. The Morgan fingerprint density at radius 2 is 1.59 bits per heavy atom. The van der Waals surface area contributed by atoms with E-state index in [9.17, 15) is 0 Å². The van der Waals surface area contributed by atoms with Crippen LogP contribution in [0.1, 0.15) is 24.1 Å². The summed E-state index contributed by atoms with van der Waals surface area (Å²) in [6.07, 6.45) is 0. The van der Waals surface area contributed by atoms with Crippen LogP contribution >= 0.6 is 0 Å². The number of H-pyrrole nitrogens is 1. The fourth-order valence-electron chi connectivity index (χ4n) is 2.25. The zero-order valence-electron chi connectivity index (χ0n) is 9.85. The highest BCUT2D eigenvalue weighted by molar-refractivity contribution is 5.80. The first-order valence-corrected chi connectivity index (χ1v) is 5.97. The van der Waals surface area contributed by atoms with E-state index in [1.807, 2.05) is 0 Å². The van der Waals surface area contributed by atoms with Gasteiger partial charge in [0.15, 0.2) is 0 Å². The normalized spacial score (nSPS) is 12.8. The summed E-state index contributed by atoms with van der Waals surface area (Å²) in [5.41, 5.74) is 3.83. The first kappa shape index (κ1) is 10.2. The number of aromatic amines is 1. The van der Waals surface area contributed by atoms with Crippen LogP contribution in [0.4, 0.5) is 0 Å². The fraction of sp³-hybridized carbons (Fsp3) is 0.125. The molecule has 0 aliphatic rings. The van der Waals surface area contributed by atoms with E-state index in [1.165, 1.54) is 22.2 Å². The van der Waals surface area contributed by atoms with E-state index in [2.05, 4.69) is 72.6 Å². The minimum Gasteiger partial charge on any atom is -0.358 e. The van der Waals surface area contributed by atoms with Crippen molar-refractivity contribution < 1.29 is 0 Å². The largest absolute Gasteiger partial charge is 0.358 e. The van der Waals surface area contributed by atoms with Crippen molar-refractivity contribution in [1.82, 2.24) is 4.98 Å². The summed E-state index contributed by atoms with van der Waals surface area (Å²) in [6.45, 7) is 2.24. The average Bonchev–Trinajstić information content (AvgIpc) is 2.82. The van der Waals surface area contributed by atoms with Crippen molar-refractivity contribution in [3.63, 3.8) is 0 Å². The molecule has 1 atom stereocenters. The molecule has 1 heteroatoms. The fourth-order valence-corrected chi connectivity index (χ4v) is 2.25. The van der Waals surface area contributed by atoms with E-state index in [0.717, 1.165) is 0 Å². The zero-order valence-corrected chi connectivity index (χ0v) is 9.85. The molecule has 1 heterocycles. The molecule has 0 aliphatic carbocycles. The molecule has 1 aromatic heterocycles. The molecule has 0 aliphatic heterocycles. The molecule has 0 bridgehead atoms. The van der Waals surface area contributed by atoms with Crippen molar-refractivity contribution in [2.45, 2.75) is 12.8 Å². The summed E-state index contributed by atoms with van der Waals surface area (Å²) >= 11 is 0. The van der Waals surface area contributed by atoms with E-state index < -0.39 is 0 Å². The molecule has 3 aromatic rings. The van der Waals surface area contributed by atoms with E-state index in [4.69, 9.17) is 0 Å². The highest BCUT2D eigenvalue weighted by Crippen LogP contribution is 2.26. The molecule has 2 aromatic carbocycles. The first-order valence-electron chi connectivity index (χ1n) is 5.97. The summed E-state index contributed by atoms with van der Waals surface area (Å²) in [6, 6.07) is 21.2. The summed E-state index contributed by atoms with van der Waals surface area (Å²) in [7, 11) is 0. The van der Waals surface area contributed by atoms with Gasteiger partial charge in [-0.15, -0.1) is 0 Å². The number of hydrogen-bond acceptors (Lipinski definition) is 0. The molecule has 3 rings (SSSR count). The SMILES string of the molecule is C[C@H](c1ccccc1)c1cc2ccccc2[nH]1. The van der Waals surface area contributed by atoms with Crippen molar-refractivity contribution in [3.8, 4) is 0 Å². The molecule has 1 N–H and O–H groups in total. The second-order valence-corrected chi connectivity index (χ2v) is 4.44. The van der Waals surface area contributed by atoms with Crippen LogP contribution in [-0.4, -0.2) is 4.98 Å². The average molecular weight is 221 g/mol. The van der Waals surface area contributed by atoms with Gasteiger partial charge in [0.25, 0.3) is 0 Å². The molecule has 0 saturated heterocycles. The lowest BCUT2D eigenvalue weighted by molar-refractivity contribution is 0.888. The second-order valence-electron chi connectivity index (χ2n) is 4.44. The molecule has 0 spiro atoms. The van der Waals surface area contributed by atoms with Crippen LogP contribution in [0.3, 0.4) is 0 Å². The van der Waals surface area contributed by atoms with Gasteiger partial charge in [0.1, 0.15) is 0 Å². The Morgan fingerprint density at radius 3 is 2.35 bits per heavy atom. The van der Waals surface area contributed by atoms with Crippen molar-refractivity contribution >= 4 is 10.9 Å². The van der Waals surface area contributed by atoms with Gasteiger partial charge in [-0.25, -0.2) is 0 Å². The lowest BCUT2D eigenvalue weighted by Gasteiger charge is -2.09. The summed E-state index contributed by atoms with van der Waals surface area (Å²) < 4.78 is 0. The van der Waals surface area contributed by atoms with Gasteiger partial charge in [-0.3, -0.25) is 0 Å². The van der Waals surface area contributed by atoms with Crippen LogP contribution in [0.25, 0.3) is 10.9 Å². The molecule has 84 valence electrons. The molecular formula is C16H15N. The number of fused-ring (bicyclic) bond motifs is 1. The standard InChI is InChI=1S/C16H15N/c1-12(13-7-3-2-4-8-13)16-11-14-9-5-6-10-15(14)17-16/h2-12,17H,1H3/t12-/m1/s1. The predicted molar refractivity (Wildman–Crippen MR) is 72.3 cm³/mol. The molecule has 17 heavy (non-hydrogen) atoms. The third-order valence-corrected chi connectivity index (χ3v) is 3.32. The van der Waals surface area contributed by atoms with Crippen LogP contribution in [0, 0.1) is 0 Å². The van der Waals surface area contributed by atoms with Crippen LogP contribution in [0.15, 0.2) is 60.7 Å². The Kier molecular flexibility index (Phi) is 2.45. The maximum atomic E-state index is 3.49. The molecule has 0 unspecified atom stereocenters. The van der Waals surface area contributed by atoms with Crippen LogP contribution < -0.4 is 0 Å². The number of hydrogen-bond donors (Lipinski definition) is 1. The monoisotopic (exact) mass is 221 g/mol. The molecule has 1 nitrogen and oxygen atoms in total. The third kappa shape index (κ3) is 1.84. The molecule has 0 saturated carbocycles. The van der Waals surface area contributed by atoms with Gasteiger partial charge < -0.3 is 4.98 Å². The maximum Gasteiger partial charge on any atom is 0.0456 e. The number of nitrogens with one attached hydrogen (secondary N) is 1. The van der Waals surface area contributed by atoms with Gasteiger partial charge in [-0.1, -0.05) is 55.5 Å². The number of benzene rings is 2. The van der Waals surface area contributed by atoms with Crippen molar-refractivity contribution in [2.24, 2.45) is 0 Å². The van der Waals surface area contributed by atoms with Gasteiger partial charge in [0.2, 0.25) is 0 Å². The molecule has 0 radical (unpaired) electrons. The summed E-state index contributed by atoms with van der Waals surface area (Å²) in [5, 5.41) is 1.28. The topological polar surface area (TPSA) is 15.8 Å². The number of rotatable bonds is 2. The zero-order chi connectivity index (χ0) is 11.7. The smallest absolute Gasteiger partial charge is 0.0456 e. The Morgan fingerprint density at radius 1 is 0.882 bits per heavy atom. The third-order valence-electron chi connectivity index (χ3n) is 3.32. The van der Waals surface area contributed by atoms with Crippen molar-refractivity contribution in [2.75, 3.05) is 0 Å². The first-order chi connectivity index (χ1) is 8.34. The number of aromatic nitrogens is 1. The lowest BCUT2D eigenvalue weighted by Crippen LogP contribution is -1.95. The number of para-hydroxylation sites is 1. The van der Waals surface area contributed by atoms with E-state index in [-0.39, 0.29) is 0 Å². The predicted octanol–water partition coefficient (Wildman–Crippen LogP) is 4.32. The Hall–Kier alpha value is -2.02.